The van der Waals surface area contributed by atoms with Crippen LogP contribution in [0.25, 0.3) is 5.69 Å². The summed E-state index contributed by atoms with van der Waals surface area (Å²) in [7, 11) is 0. The van der Waals surface area contributed by atoms with E-state index in [1.165, 1.54) is 12.1 Å². The molecular formula is C28H32FN3O4. The van der Waals surface area contributed by atoms with Gasteiger partial charge >= 0.3 is 0 Å². The third-order valence-corrected chi connectivity index (χ3v) is 6.00. The number of halogens is 1. The molecule has 1 N–H and O–H groups in total. The molecule has 7 nitrogen and oxygen atoms in total. The van der Waals surface area contributed by atoms with Crippen molar-refractivity contribution in [2.75, 3.05) is 32.9 Å². The molecule has 3 aromatic rings. The van der Waals surface area contributed by atoms with Crippen LogP contribution in [-0.2, 0) is 16.0 Å². The van der Waals surface area contributed by atoms with Gasteiger partial charge in [-0.15, -0.1) is 6.42 Å². The van der Waals surface area contributed by atoms with Gasteiger partial charge < -0.3 is 19.3 Å². The van der Waals surface area contributed by atoms with Crippen LogP contribution in [0.15, 0.2) is 54.6 Å². The molecule has 1 fully saturated rings. The van der Waals surface area contributed by atoms with E-state index in [-0.39, 0.29) is 25.1 Å². The molecule has 1 aliphatic heterocycles. The molecule has 2 heterocycles. The number of aryl methyl sites for hydroxylation is 1. The summed E-state index contributed by atoms with van der Waals surface area (Å²) in [5.41, 5.74) is 2.52. The third kappa shape index (κ3) is 6.93. The quantitative estimate of drug-likeness (QED) is 0.303. The van der Waals surface area contributed by atoms with Gasteiger partial charge in [-0.05, 0) is 56.2 Å². The van der Waals surface area contributed by atoms with Crippen LogP contribution in [0.5, 0.6) is 11.6 Å². The topological polar surface area (TPSA) is 69.0 Å². The molecule has 36 heavy (non-hydrogen) atoms. The van der Waals surface area contributed by atoms with Gasteiger partial charge in [0.15, 0.2) is 0 Å². The smallest absolute Gasteiger partial charge is 0.227 e. The van der Waals surface area contributed by atoms with Gasteiger partial charge in [-0.25, -0.2) is 9.07 Å². The Kier molecular flexibility index (Phi) is 9.09. The predicted molar refractivity (Wildman–Crippen MR) is 135 cm³/mol. The summed E-state index contributed by atoms with van der Waals surface area (Å²) in [5.74, 6) is 3.13. The number of ether oxygens (including phenoxy) is 3. The molecule has 2 atom stereocenters. The van der Waals surface area contributed by atoms with E-state index < -0.39 is 6.10 Å². The normalized spacial score (nSPS) is 16.2. The fourth-order valence-electron chi connectivity index (χ4n) is 4.29. The Labute approximate surface area is 211 Å². The molecule has 8 heteroatoms. The van der Waals surface area contributed by atoms with E-state index in [1.54, 1.807) is 16.8 Å². The maximum atomic E-state index is 13.5. The first-order valence-corrected chi connectivity index (χ1v) is 12.1. The highest BCUT2D eigenvalue weighted by Gasteiger charge is 2.26. The SMILES string of the molecule is C#CCOC[C@@H](O)CN(Cc1c(C)nn(-c2ccccc2)c1Oc1ccc(F)cc1)C[C@@H]1CCCO1. The van der Waals surface area contributed by atoms with E-state index in [0.717, 1.165) is 36.4 Å². The Bertz CT molecular complexity index is 1140. The summed E-state index contributed by atoms with van der Waals surface area (Å²) < 4.78 is 32.8. The van der Waals surface area contributed by atoms with E-state index in [4.69, 9.17) is 25.7 Å². The maximum Gasteiger partial charge on any atom is 0.227 e. The number of nitrogens with zero attached hydrogens (tertiary/aromatic N) is 3. The first-order chi connectivity index (χ1) is 17.5. The Hall–Kier alpha value is -3.22. The molecule has 0 aliphatic carbocycles. The van der Waals surface area contributed by atoms with E-state index in [1.807, 2.05) is 37.3 Å². The zero-order chi connectivity index (χ0) is 25.3. The molecule has 0 radical (unpaired) electrons. The molecular weight excluding hydrogens is 461 g/mol. The van der Waals surface area contributed by atoms with Crippen LogP contribution in [-0.4, -0.2) is 64.9 Å². The standard InChI is InChI=1S/C28H32FN3O4/c1-3-15-34-20-24(33)17-31(18-26-10-7-16-35-26)19-27-21(2)30-32(23-8-5-4-6-9-23)28(27)36-25-13-11-22(29)12-14-25/h1,4-6,8-9,11-14,24,26,33H,7,10,15-20H2,2H3/t24-,26-/m0/s1. The first kappa shape index (κ1) is 25.9. The van der Waals surface area contributed by atoms with Crippen molar-refractivity contribution in [1.82, 2.24) is 14.7 Å². The summed E-state index contributed by atoms with van der Waals surface area (Å²) in [5, 5.41) is 15.4. The van der Waals surface area contributed by atoms with Crippen molar-refractivity contribution >= 4 is 0 Å². The lowest BCUT2D eigenvalue weighted by molar-refractivity contribution is 0.00935. The van der Waals surface area contributed by atoms with Crippen LogP contribution in [0.1, 0.15) is 24.1 Å². The van der Waals surface area contributed by atoms with Crippen LogP contribution < -0.4 is 4.74 Å². The van der Waals surface area contributed by atoms with Gasteiger partial charge in [0.25, 0.3) is 0 Å². The van der Waals surface area contributed by atoms with Crippen molar-refractivity contribution < 1.29 is 23.7 Å². The maximum absolute atomic E-state index is 13.5. The molecule has 1 saturated heterocycles. The minimum atomic E-state index is -0.717. The highest BCUT2D eigenvalue weighted by molar-refractivity contribution is 5.43. The third-order valence-electron chi connectivity index (χ3n) is 6.00. The summed E-state index contributed by atoms with van der Waals surface area (Å²) in [6.07, 6.45) is 6.63. The second-order valence-electron chi connectivity index (χ2n) is 8.87. The number of hydrogen-bond acceptors (Lipinski definition) is 6. The molecule has 0 amide bonds. The Morgan fingerprint density at radius 2 is 2.03 bits per heavy atom. The molecule has 0 spiro atoms. The molecule has 0 unspecified atom stereocenters. The predicted octanol–water partition coefficient (Wildman–Crippen LogP) is 4.10. The molecule has 4 rings (SSSR count). The van der Waals surface area contributed by atoms with E-state index in [2.05, 4.69) is 10.8 Å². The van der Waals surface area contributed by atoms with Crippen molar-refractivity contribution in [3.8, 4) is 29.7 Å². The Morgan fingerprint density at radius 1 is 1.25 bits per heavy atom. The minimum absolute atomic E-state index is 0.0924. The molecule has 1 aromatic heterocycles. The van der Waals surface area contributed by atoms with Gasteiger partial charge in [0.05, 0.1) is 35.8 Å². The number of aliphatic hydroxyl groups is 1. The number of terminal acetylenes is 1. The first-order valence-electron chi connectivity index (χ1n) is 12.1. The Balaban J connectivity index is 1.63. The van der Waals surface area contributed by atoms with Gasteiger partial charge in [-0.2, -0.15) is 5.10 Å². The molecule has 0 saturated carbocycles. The Morgan fingerprint density at radius 3 is 2.72 bits per heavy atom. The van der Waals surface area contributed by atoms with Crippen molar-refractivity contribution in [2.45, 2.75) is 38.5 Å². The summed E-state index contributed by atoms with van der Waals surface area (Å²) >= 11 is 0. The van der Waals surface area contributed by atoms with E-state index in [0.29, 0.717) is 31.3 Å². The summed E-state index contributed by atoms with van der Waals surface area (Å²) in [6, 6.07) is 15.6. The van der Waals surface area contributed by atoms with Gasteiger partial charge in [-0.3, -0.25) is 4.90 Å². The van der Waals surface area contributed by atoms with Crippen molar-refractivity contribution in [3.05, 3.63) is 71.7 Å². The van der Waals surface area contributed by atoms with Crippen molar-refractivity contribution in [2.24, 2.45) is 0 Å². The van der Waals surface area contributed by atoms with Crippen molar-refractivity contribution in [3.63, 3.8) is 0 Å². The summed E-state index contributed by atoms with van der Waals surface area (Å²) in [4.78, 5) is 2.14. The summed E-state index contributed by atoms with van der Waals surface area (Å²) in [6.45, 7) is 4.48. The number of hydrogen-bond donors (Lipinski definition) is 1. The largest absolute Gasteiger partial charge is 0.439 e. The number of aliphatic hydroxyl groups excluding tert-OH is 1. The minimum Gasteiger partial charge on any atom is -0.439 e. The second-order valence-corrected chi connectivity index (χ2v) is 8.87. The monoisotopic (exact) mass is 493 g/mol. The number of rotatable bonds is 12. The molecule has 1 aliphatic rings. The second kappa shape index (κ2) is 12.7. The van der Waals surface area contributed by atoms with Gasteiger partial charge in [0, 0.05) is 26.2 Å². The van der Waals surface area contributed by atoms with Crippen LogP contribution in [0, 0.1) is 25.1 Å². The van der Waals surface area contributed by atoms with Crippen LogP contribution in [0.2, 0.25) is 0 Å². The van der Waals surface area contributed by atoms with Crippen LogP contribution in [0.3, 0.4) is 0 Å². The highest BCUT2D eigenvalue weighted by atomic mass is 19.1. The lowest BCUT2D eigenvalue weighted by Crippen LogP contribution is -2.39. The van der Waals surface area contributed by atoms with Crippen molar-refractivity contribution in [1.29, 1.82) is 0 Å². The van der Waals surface area contributed by atoms with E-state index in [9.17, 15) is 9.50 Å². The fourth-order valence-corrected chi connectivity index (χ4v) is 4.29. The average molecular weight is 494 g/mol. The fraction of sp³-hybridized carbons (Fsp3) is 0.393. The van der Waals surface area contributed by atoms with Crippen LogP contribution >= 0.6 is 0 Å². The number of aromatic nitrogens is 2. The highest BCUT2D eigenvalue weighted by Crippen LogP contribution is 2.32. The lowest BCUT2D eigenvalue weighted by atomic mass is 10.1. The lowest BCUT2D eigenvalue weighted by Gasteiger charge is -2.27. The van der Waals surface area contributed by atoms with Gasteiger partial charge in [0.1, 0.15) is 18.2 Å². The zero-order valence-electron chi connectivity index (χ0n) is 20.5. The molecule has 2 aromatic carbocycles. The van der Waals surface area contributed by atoms with Gasteiger partial charge in [-0.1, -0.05) is 24.1 Å². The number of para-hydroxylation sites is 1. The van der Waals surface area contributed by atoms with Crippen LogP contribution in [0.4, 0.5) is 4.39 Å². The zero-order valence-corrected chi connectivity index (χ0v) is 20.5. The molecule has 190 valence electrons. The van der Waals surface area contributed by atoms with E-state index >= 15 is 0 Å². The average Bonchev–Trinajstić information content (AvgIpc) is 3.49. The number of benzene rings is 2. The van der Waals surface area contributed by atoms with Gasteiger partial charge in [0.2, 0.25) is 5.88 Å². The molecule has 0 bridgehead atoms.